The summed E-state index contributed by atoms with van der Waals surface area (Å²) in [6.07, 6.45) is 1.89. The van der Waals surface area contributed by atoms with Crippen LogP contribution < -0.4 is 10.5 Å². The Hall–Kier alpha value is -2.04. The van der Waals surface area contributed by atoms with Crippen LogP contribution in [-0.2, 0) is 6.54 Å². The summed E-state index contributed by atoms with van der Waals surface area (Å²) in [7, 11) is 1.53. The normalized spacial score (nSPS) is 18.1. The van der Waals surface area contributed by atoms with E-state index in [0.717, 1.165) is 25.1 Å². The molecule has 1 aliphatic heterocycles. The monoisotopic (exact) mass is 261 g/mol. The van der Waals surface area contributed by atoms with Crippen molar-refractivity contribution in [2.24, 2.45) is 0 Å². The van der Waals surface area contributed by atoms with Crippen LogP contribution in [0.15, 0.2) is 24.3 Å². The Morgan fingerprint density at radius 2 is 2.26 bits per heavy atom. The first-order valence-corrected chi connectivity index (χ1v) is 6.35. The van der Waals surface area contributed by atoms with E-state index in [2.05, 4.69) is 5.10 Å². The second kappa shape index (κ2) is 4.57. The fourth-order valence-electron chi connectivity index (χ4n) is 2.74. The van der Waals surface area contributed by atoms with Crippen molar-refractivity contribution in [2.75, 3.05) is 12.8 Å². The Kier molecular flexibility index (Phi) is 2.89. The third kappa shape index (κ3) is 2.05. The average Bonchev–Trinajstić information content (AvgIpc) is 2.78. The molecule has 0 saturated heterocycles. The van der Waals surface area contributed by atoms with Crippen molar-refractivity contribution in [1.29, 1.82) is 0 Å². The third-order valence-electron chi connectivity index (χ3n) is 3.63. The summed E-state index contributed by atoms with van der Waals surface area (Å²) in [5.74, 6) is 0.808. The first kappa shape index (κ1) is 12.0. The van der Waals surface area contributed by atoms with E-state index in [0.29, 0.717) is 17.1 Å². The fourth-order valence-corrected chi connectivity index (χ4v) is 2.74. The third-order valence-corrected chi connectivity index (χ3v) is 3.63. The Balaban J connectivity index is 2.03. The van der Waals surface area contributed by atoms with Crippen LogP contribution in [-0.4, -0.2) is 16.9 Å². The lowest BCUT2D eigenvalue weighted by Crippen LogP contribution is -2.17. The smallest absolute Gasteiger partial charge is 0.145 e. The molecule has 1 atom stereocenters. The van der Waals surface area contributed by atoms with E-state index >= 15 is 0 Å². The van der Waals surface area contributed by atoms with E-state index in [1.165, 1.54) is 13.2 Å². The minimum absolute atomic E-state index is 0.0180. The van der Waals surface area contributed by atoms with Crippen molar-refractivity contribution in [3.63, 3.8) is 0 Å². The van der Waals surface area contributed by atoms with Crippen LogP contribution in [0.3, 0.4) is 0 Å². The molecule has 1 unspecified atom stereocenters. The lowest BCUT2D eigenvalue weighted by Gasteiger charge is -2.24. The lowest BCUT2D eigenvalue weighted by atomic mass is 9.88. The highest BCUT2D eigenvalue weighted by Gasteiger charge is 2.26. The van der Waals surface area contributed by atoms with Crippen LogP contribution in [0, 0.1) is 5.82 Å². The Morgan fingerprint density at radius 1 is 1.42 bits per heavy atom. The number of hydrogen-bond acceptors (Lipinski definition) is 3. The highest BCUT2D eigenvalue weighted by atomic mass is 19.1. The minimum Gasteiger partial charge on any atom is -0.497 e. The molecule has 1 aliphatic rings. The average molecular weight is 261 g/mol. The summed E-state index contributed by atoms with van der Waals surface area (Å²) < 4.78 is 21.1. The second-order valence-electron chi connectivity index (χ2n) is 4.80. The molecule has 0 aliphatic carbocycles. The molecule has 1 aromatic carbocycles. The van der Waals surface area contributed by atoms with E-state index in [4.69, 9.17) is 10.5 Å². The van der Waals surface area contributed by atoms with Gasteiger partial charge >= 0.3 is 0 Å². The zero-order valence-corrected chi connectivity index (χ0v) is 10.8. The van der Waals surface area contributed by atoms with Gasteiger partial charge < -0.3 is 10.5 Å². The molecule has 4 nitrogen and oxygen atoms in total. The maximum absolute atomic E-state index is 14.2. The maximum Gasteiger partial charge on any atom is 0.145 e. The van der Waals surface area contributed by atoms with Crippen LogP contribution in [0.4, 0.5) is 10.2 Å². The summed E-state index contributed by atoms with van der Waals surface area (Å²) in [6.45, 7) is 0.848. The number of nitrogens with zero attached hydrogens (tertiary/aromatic N) is 2. The molecule has 0 fully saturated rings. The molecular formula is C14H16FN3O. The number of benzene rings is 1. The zero-order chi connectivity index (χ0) is 13.4. The number of methoxy groups -OCH3 is 1. The number of anilines is 1. The van der Waals surface area contributed by atoms with Gasteiger partial charge in [0, 0.05) is 30.3 Å². The van der Waals surface area contributed by atoms with Gasteiger partial charge in [-0.25, -0.2) is 4.39 Å². The van der Waals surface area contributed by atoms with Gasteiger partial charge in [-0.1, -0.05) is 6.07 Å². The summed E-state index contributed by atoms with van der Waals surface area (Å²) in [6, 6.07) is 6.84. The standard InChI is InChI=1S/C14H16FN3O/c1-19-9-4-5-10(12(15)7-9)11-3-2-6-18-13(11)8-14(16)17-18/h4-5,7-8,11H,2-3,6H2,1H3,(H2,16,17). The fraction of sp³-hybridized carbons (Fsp3) is 0.357. The van der Waals surface area contributed by atoms with E-state index < -0.39 is 0 Å². The number of halogens is 1. The SMILES string of the molecule is COc1ccc(C2CCCn3nc(N)cc32)c(F)c1. The highest BCUT2D eigenvalue weighted by molar-refractivity contribution is 5.40. The van der Waals surface area contributed by atoms with Crippen molar-refractivity contribution >= 4 is 5.82 Å². The molecular weight excluding hydrogens is 245 g/mol. The number of nitrogen functional groups attached to an aromatic ring is 1. The predicted octanol–water partition coefficient (Wildman–Crippen LogP) is 2.54. The van der Waals surface area contributed by atoms with Crippen LogP contribution in [0.2, 0.25) is 0 Å². The number of aryl methyl sites for hydroxylation is 1. The van der Waals surface area contributed by atoms with Gasteiger partial charge in [0.25, 0.3) is 0 Å². The molecule has 0 radical (unpaired) electrons. The van der Waals surface area contributed by atoms with Crippen molar-refractivity contribution in [2.45, 2.75) is 25.3 Å². The van der Waals surface area contributed by atoms with Crippen LogP contribution in [0.25, 0.3) is 0 Å². The summed E-state index contributed by atoms with van der Waals surface area (Å²) in [5.41, 5.74) is 7.41. The van der Waals surface area contributed by atoms with Crippen molar-refractivity contribution in [3.8, 4) is 5.75 Å². The Labute approximate surface area is 111 Å². The molecule has 0 spiro atoms. The topological polar surface area (TPSA) is 53.1 Å². The second-order valence-corrected chi connectivity index (χ2v) is 4.80. The summed E-state index contributed by atoms with van der Waals surface area (Å²) in [4.78, 5) is 0. The van der Waals surface area contributed by atoms with Crippen molar-refractivity contribution in [3.05, 3.63) is 41.3 Å². The molecule has 0 bridgehead atoms. The Bertz CT molecular complexity index is 609. The van der Waals surface area contributed by atoms with Gasteiger partial charge in [0.1, 0.15) is 17.4 Å². The molecule has 100 valence electrons. The van der Waals surface area contributed by atoms with Gasteiger partial charge in [-0.15, -0.1) is 0 Å². The van der Waals surface area contributed by atoms with Gasteiger partial charge in [0.15, 0.2) is 0 Å². The molecule has 2 heterocycles. The van der Waals surface area contributed by atoms with Crippen molar-refractivity contribution < 1.29 is 9.13 Å². The Morgan fingerprint density at radius 3 is 3.00 bits per heavy atom. The molecule has 2 N–H and O–H groups in total. The van der Waals surface area contributed by atoms with Gasteiger partial charge in [-0.2, -0.15) is 5.10 Å². The maximum atomic E-state index is 14.2. The van der Waals surface area contributed by atoms with Gasteiger partial charge in [-0.05, 0) is 24.5 Å². The zero-order valence-electron chi connectivity index (χ0n) is 10.8. The first-order chi connectivity index (χ1) is 9.19. The van der Waals surface area contributed by atoms with Crippen LogP contribution in [0.1, 0.15) is 30.0 Å². The van der Waals surface area contributed by atoms with E-state index in [9.17, 15) is 4.39 Å². The minimum atomic E-state index is -0.238. The first-order valence-electron chi connectivity index (χ1n) is 6.35. The van der Waals surface area contributed by atoms with E-state index in [-0.39, 0.29) is 11.7 Å². The molecule has 1 aromatic heterocycles. The quantitative estimate of drug-likeness (QED) is 0.903. The number of rotatable bonds is 2. The molecule has 2 aromatic rings. The van der Waals surface area contributed by atoms with E-state index in [1.807, 2.05) is 10.7 Å². The number of aromatic nitrogens is 2. The van der Waals surface area contributed by atoms with Crippen LogP contribution in [0.5, 0.6) is 5.75 Å². The lowest BCUT2D eigenvalue weighted by molar-refractivity contribution is 0.408. The van der Waals surface area contributed by atoms with Crippen LogP contribution >= 0.6 is 0 Å². The van der Waals surface area contributed by atoms with E-state index in [1.54, 1.807) is 12.1 Å². The molecule has 0 saturated carbocycles. The number of ether oxygens (including phenoxy) is 1. The van der Waals surface area contributed by atoms with Gasteiger partial charge in [-0.3, -0.25) is 4.68 Å². The number of hydrogen-bond donors (Lipinski definition) is 1. The summed E-state index contributed by atoms with van der Waals surface area (Å²) in [5, 5.41) is 4.24. The predicted molar refractivity (Wildman–Crippen MR) is 70.7 cm³/mol. The number of fused-ring (bicyclic) bond motifs is 1. The van der Waals surface area contributed by atoms with Crippen molar-refractivity contribution in [1.82, 2.24) is 9.78 Å². The molecule has 19 heavy (non-hydrogen) atoms. The highest BCUT2D eigenvalue weighted by Crippen LogP contribution is 2.36. The molecule has 5 heteroatoms. The summed E-state index contributed by atoms with van der Waals surface area (Å²) >= 11 is 0. The number of nitrogens with two attached hydrogens (primary N) is 1. The molecule has 3 rings (SSSR count). The van der Waals surface area contributed by atoms with Gasteiger partial charge in [0.05, 0.1) is 7.11 Å². The molecule has 0 amide bonds. The van der Waals surface area contributed by atoms with Gasteiger partial charge in [0.2, 0.25) is 0 Å². The largest absolute Gasteiger partial charge is 0.497 e.